The Labute approximate surface area is 101 Å². The smallest absolute Gasteiger partial charge is 0.303 e. The quantitative estimate of drug-likeness (QED) is 0.638. The molecule has 6 nitrogen and oxygen atoms in total. The summed E-state index contributed by atoms with van der Waals surface area (Å²) in [6.45, 7) is 2.05. The van der Waals surface area contributed by atoms with Crippen LogP contribution in [0.3, 0.4) is 0 Å². The largest absolute Gasteiger partial charge is 0.457 e. The highest BCUT2D eigenvalue weighted by Crippen LogP contribution is 2.23. The van der Waals surface area contributed by atoms with Crippen LogP contribution in [-0.2, 0) is 28.5 Å². The molecule has 0 radical (unpaired) electrons. The third-order valence-electron chi connectivity index (χ3n) is 2.72. The van der Waals surface area contributed by atoms with Crippen molar-refractivity contribution in [3.8, 4) is 0 Å². The highest BCUT2D eigenvalue weighted by molar-refractivity contribution is 5.66. The maximum Gasteiger partial charge on any atom is 0.303 e. The van der Waals surface area contributed by atoms with E-state index in [1.165, 1.54) is 6.92 Å². The predicted octanol–water partition coefficient (Wildman–Crippen LogP) is -0.00670. The highest BCUT2D eigenvalue weighted by Gasteiger charge is 2.42. The summed E-state index contributed by atoms with van der Waals surface area (Å²) in [6, 6.07) is 0. The zero-order chi connectivity index (χ0) is 12.8. The van der Waals surface area contributed by atoms with E-state index in [9.17, 15) is 4.79 Å². The SMILES string of the molecule is COC[C@H]1OC[C@H](OC(C)=O)[C@@H](OC)[C@@H]1OC. The van der Waals surface area contributed by atoms with Gasteiger partial charge in [0.15, 0.2) is 6.10 Å². The molecular weight excluding hydrogens is 228 g/mol. The van der Waals surface area contributed by atoms with Crippen LogP contribution in [0.1, 0.15) is 6.92 Å². The van der Waals surface area contributed by atoms with Crippen molar-refractivity contribution >= 4 is 5.97 Å². The summed E-state index contributed by atoms with van der Waals surface area (Å²) in [6.07, 6.45) is -1.34. The molecule has 0 amide bonds. The van der Waals surface area contributed by atoms with Gasteiger partial charge in [0.05, 0.1) is 13.2 Å². The minimum Gasteiger partial charge on any atom is -0.457 e. The number of hydrogen-bond donors (Lipinski definition) is 0. The van der Waals surface area contributed by atoms with E-state index < -0.39 is 6.10 Å². The van der Waals surface area contributed by atoms with Crippen molar-refractivity contribution in [3.05, 3.63) is 0 Å². The molecule has 0 bridgehead atoms. The maximum absolute atomic E-state index is 11.0. The molecule has 1 rings (SSSR count). The molecule has 100 valence electrons. The fourth-order valence-electron chi connectivity index (χ4n) is 2.02. The van der Waals surface area contributed by atoms with Gasteiger partial charge in [-0.05, 0) is 0 Å². The fraction of sp³-hybridized carbons (Fsp3) is 0.909. The van der Waals surface area contributed by atoms with E-state index in [1.807, 2.05) is 0 Å². The van der Waals surface area contributed by atoms with E-state index in [4.69, 9.17) is 23.7 Å². The summed E-state index contributed by atoms with van der Waals surface area (Å²) in [7, 11) is 4.72. The lowest BCUT2D eigenvalue weighted by atomic mass is 10.00. The number of methoxy groups -OCH3 is 3. The predicted molar refractivity (Wildman–Crippen MR) is 58.8 cm³/mol. The van der Waals surface area contributed by atoms with Gasteiger partial charge in [-0.15, -0.1) is 0 Å². The molecule has 1 heterocycles. The lowest BCUT2D eigenvalue weighted by Crippen LogP contribution is -2.57. The Balaban J connectivity index is 2.70. The molecule has 0 unspecified atom stereocenters. The van der Waals surface area contributed by atoms with E-state index in [0.29, 0.717) is 6.61 Å². The summed E-state index contributed by atoms with van der Waals surface area (Å²) < 4.78 is 26.5. The van der Waals surface area contributed by atoms with Crippen LogP contribution in [-0.4, -0.2) is 64.9 Å². The van der Waals surface area contributed by atoms with Crippen molar-refractivity contribution in [2.75, 3.05) is 34.5 Å². The molecule has 1 fully saturated rings. The minimum absolute atomic E-state index is 0.221. The molecule has 4 atom stereocenters. The second kappa shape index (κ2) is 6.90. The first kappa shape index (κ1) is 14.4. The Kier molecular flexibility index (Phi) is 5.84. The Morgan fingerprint density at radius 3 is 2.35 bits per heavy atom. The Bertz CT molecular complexity index is 244. The lowest BCUT2D eigenvalue weighted by molar-refractivity contribution is -0.223. The standard InChI is InChI=1S/C11H20O6/c1-7(12)17-9-6-16-8(5-13-2)10(14-3)11(9)15-4/h8-11H,5-6H2,1-4H3/t8-,9+,10-,11-/m1/s1. The number of carbonyl (C=O) groups excluding carboxylic acids is 1. The lowest BCUT2D eigenvalue weighted by Gasteiger charge is -2.40. The summed E-state index contributed by atoms with van der Waals surface area (Å²) in [5.41, 5.74) is 0. The minimum atomic E-state index is -0.449. The number of ether oxygens (including phenoxy) is 5. The molecule has 0 spiro atoms. The molecule has 0 aromatic heterocycles. The van der Waals surface area contributed by atoms with E-state index in [-0.39, 0.29) is 30.9 Å². The van der Waals surface area contributed by atoms with Gasteiger partial charge in [0.25, 0.3) is 0 Å². The second-order valence-corrected chi connectivity index (χ2v) is 3.88. The molecule has 6 heteroatoms. The van der Waals surface area contributed by atoms with Gasteiger partial charge in [-0.2, -0.15) is 0 Å². The van der Waals surface area contributed by atoms with Crippen LogP contribution in [0, 0.1) is 0 Å². The van der Waals surface area contributed by atoms with Crippen LogP contribution in [0.25, 0.3) is 0 Å². The molecule has 0 aromatic rings. The van der Waals surface area contributed by atoms with Crippen molar-refractivity contribution in [1.82, 2.24) is 0 Å². The van der Waals surface area contributed by atoms with Gasteiger partial charge in [-0.3, -0.25) is 4.79 Å². The molecule has 1 aliphatic rings. The molecule has 1 aliphatic heterocycles. The molecule has 0 N–H and O–H groups in total. The van der Waals surface area contributed by atoms with Crippen molar-refractivity contribution < 1.29 is 28.5 Å². The van der Waals surface area contributed by atoms with Crippen LogP contribution in [0.15, 0.2) is 0 Å². The van der Waals surface area contributed by atoms with Gasteiger partial charge < -0.3 is 23.7 Å². The van der Waals surface area contributed by atoms with E-state index in [2.05, 4.69) is 0 Å². The van der Waals surface area contributed by atoms with E-state index >= 15 is 0 Å². The zero-order valence-corrected chi connectivity index (χ0v) is 10.7. The third-order valence-corrected chi connectivity index (χ3v) is 2.72. The molecule has 1 saturated heterocycles. The van der Waals surface area contributed by atoms with Crippen molar-refractivity contribution in [2.24, 2.45) is 0 Å². The van der Waals surface area contributed by atoms with Gasteiger partial charge in [-0.25, -0.2) is 0 Å². The van der Waals surface area contributed by atoms with Gasteiger partial charge in [0.1, 0.15) is 18.3 Å². The highest BCUT2D eigenvalue weighted by atomic mass is 16.6. The summed E-state index contributed by atoms with van der Waals surface area (Å²) in [4.78, 5) is 11.0. The monoisotopic (exact) mass is 248 g/mol. The van der Waals surface area contributed by atoms with Gasteiger partial charge in [0.2, 0.25) is 0 Å². The topological polar surface area (TPSA) is 63.2 Å². The van der Waals surface area contributed by atoms with Crippen molar-refractivity contribution in [3.63, 3.8) is 0 Å². The van der Waals surface area contributed by atoms with Crippen LogP contribution in [0.2, 0.25) is 0 Å². The summed E-state index contributed by atoms with van der Waals surface area (Å²) in [5.74, 6) is -0.360. The van der Waals surface area contributed by atoms with Crippen LogP contribution in [0.4, 0.5) is 0 Å². The molecule has 17 heavy (non-hydrogen) atoms. The van der Waals surface area contributed by atoms with Gasteiger partial charge in [0, 0.05) is 28.3 Å². The second-order valence-electron chi connectivity index (χ2n) is 3.88. The maximum atomic E-state index is 11.0. The third kappa shape index (κ3) is 3.64. The van der Waals surface area contributed by atoms with Gasteiger partial charge >= 0.3 is 5.97 Å². The number of esters is 1. The van der Waals surface area contributed by atoms with Crippen LogP contribution < -0.4 is 0 Å². The average Bonchev–Trinajstić information content (AvgIpc) is 2.30. The molecule has 0 aliphatic carbocycles. The summed E-state index contributed by atoms with van der Waals surface area (Å²) in [5, 5.41) is 0. The average molecular weight is 248 g/mol. The Morgan fingerprint density at radius 1 is 1.24 bits per heavy atom. The fourth-order valence-corrected chi connectivity index (χ4v) is 2.02. The van der Waals surface area contributed by atoms with E-state index in [0.717, 1.165) is 0 Å². The Hall–Kier alpha value is -0.690. The molecule has 0 saturated carbocycles. The Morgan fingerprint density at radius 2 is 1.88 bits per heavy atom. The first-order valence-corrected chi connectivity index (χ1v) is 5.47. The van der Waals surface area contributed by atoms with E-state index in [1.54, 1.807) is 21.3 Å². The van der Waals surface area contributed by atoms with Crippen LogP contribution in [0.5, 0.6) is 0 Å². The van der Waals surface area contributed by atoms with Gasteiger partial charge in [-0.1, -0.05) is 0 Å². The number of hydrogen-bond acceptors (Lipinski definition) is 6. The zero-order valence-electron chi connectivity index (χ0n) is 10.7. The number of rotatable bonds is 5. The first-order valence-electron chi connectivity index (χ1n) is 5.47. The van der Waals surface area contributed by atoms with Crippen molar-refractivity contribution in [1.29, 1.82) is 0 Å². The summed E-state index contributed by atoms with van der Waals surface area (Å²) >= 11 is 0. The normalized spacial score (nSPS) is 33.4. The van der Waals surface area contributed by atoms with Crippen molar-refractivity contribution in [2.45, 2.75) is 31.3 Å². The molecule has 0 aromatic carbocycles. The number of carbonyl (C=O) groups is 1. The van der Waals surface area contributed by atoms with Crippen LogP contribution >= 0.6 is 0 Å². The molecular formula is C11H20O6. The first-order chi connectivity index (χ1) is 8.13.